The minimum Gasteiger partial charge on any atom is -0.497 e. The van der Waals surface area contributed by atoms with Crippen LogP contribution >= 0.6 is 11.8 Å². The molecule has 0 saturated carbocycles. The van der Waals surface area contributed by atoms with E-state index in [0.717, 1.165) is 5.56 Å². The molecule has 1 aromatic rings. The molecule has 1 heterocycles. The summed E-state index contributed by atoms with van der Waals surface area (Å²) in [6.07, 6.45) is 0. The number of nitrogens with zero attached hydrogens (tertiary/aromatic N) is 3. The van der Waals surface area contributed by atoms with Crippen LogP contribution < -0.4 is 15.2 Å². The van der Waals surface area contributed by atoms with Gasteiger partial charge in [0.15, 0.2) is 0 Å². The third-order valence-electron chi connectivity index (χ3n) is 2.58. The van der Waals surface area contributed by atoms with Gasteiger partial charge in [0.05, 0.1) is 19.8 Å². The first-order valence-electron chi connectivity index (χ1n) is 5.37. The molecule has 0 amide bonds. The highest BCUT2D eigenvalue weighted by molar-refractivity contribution is 8.12. The highest BCUT2D eigenvalue weighted by Gasteiger charge is 2.27. The number of rotatable bonds is 3. The van der Waals surface area contributed by atoms with Crippen LogP contribution in [0.15, 0.2) is 28.5 Å². The fourth-order valence-electron chi connectivity index (χ4n) is 1.67. The first-order chi connectivity index (χ1) is 9.19. The lowest BCUT2D eigenvalue weighted by atomic mass is 10.2. The summed E-state index contributed by atoms with van der Waals surface area (Å²) in [6, 6.07) is 5.48. The van der Waals surface area contributed by atoms with Gasteiger partial charge >= 0.3 is 0 Å². The molecule has 0 saturated heterocycles. The second-order valence-electron chi connectivity index (χ2n) is 3.66. The minimum absolute atomic E-state index is 0.0759. The van der Waals surface area contributed by atoms with Gasteiger partial charge in [-0.2, -0.15) is 5.10 Å². The van der Waals surface area contributed by atoms with Crippen LogP contribution in [0.4, 0.5) is 0 Å². The molecule has 1 aliphatic heterocycles. The van der Waals surface area contributed by atoms with Crippen molar-refractivity contribution in [1.82, 2.24) is 5.01 Å². The SMILES string of the molecule is COc1cc(OC)cc(C2SC=NN2C(N)=NO)c1. The molecule has 19 heavy (non-hydrogen) atoms. The molecule has 8 heteroatoms. The van der Waals surface area contributed by atoms with Crippen LogP contribution in [0.2, 0.25) is 0 Å². The van der Waals surface area contributed by atoms with Crippen LogP contribution in [0.5, 0.6) is 11.5 Å². The highest BCUT2D eigenvalue weighted by atomic mass is 32.2. The summed E-state index contributed by atoms with van der Waals surface area (Å²) in [5.74, 6) is 1.26. The van der Waals surface area contributed by atoms with Crippen molar-refractivity contribution in [3.05, 3.63) is 23.8 Å². The fourth-order valence-corrected chi connectivity index (χ4v) is 2.51. The number of methoxy groups -OCH3 is 2. The topological polar surface area (TPSA) is 92.7 Å². The molecular weight excluding hydrogens is 268 g/mol. The number of hydrogen-bond donors (Lipinski definition) is 2. The van der Waals surface area contributed by atoms with Crippen molar-refractivity contribution >= 4 is 23.3 Å². The molecule has 0 aliphatic carbocycles. The largest absolute Gasteiger partial charge is 0.497 e. The first-order valence-corrected chi connectivity index (χ1v) is 6.31. The Bertz CT molecular complexity index is 498. The van der Waals surface area contributed by atoms with Gasteiger partial charge in [-0.25, -0.2) is 5.01 Å². The predicted octanol–water partition coefficient (Wildman–Crippen LogP) is 1.40. The van der Waals surface area contributed by atoms with Crippen molar-refractivity contribution in [3.63, 3.8) is 0 Å². The van der Waals surface area contributed by atoms with E-state index in [1.165, 1.54) is 16.8 Å². The van der Waals surface area contributed by atoms with Gasteiger partial charge in [0.2, 0.25) is 0 Å². The Labute approximate surface area is 114 Å². The summed E-state index contributed by atoms with van der Waals surface area (Å²) in [4.78, 5) is 0. The predicted molar refractivity (Wildman–Crippen MR) is 73.6 cm³/mol. The van der Waals surface area contributed by atoms with Crippen molar-refractivity contribution in [2.24, 2.45) is 16.0 Å². The van der Waals surface area contributed by atoms with Gasteiger partial charge in [0.1, 0.15) is 16.9 Å². The molecule has 1 aromatic carbocycles. The standard InChI is InChI=1S/C11H14N4O3S/c1-17-8-3-7(4-9(5-8)18-2)10-15(11(12)14-16)13-6-19-10/h3-6,10,16H,1-2H3,(H2,12,14). The molecule has 3 N–H and O–H groups in total. The molecule has 0 fully saturated rings. The van der Waals surface area contributed by atoms with E-state index in [1.807, 2.05) is 12.1 Å². The summed E-state index contributed by atoms with van der Waals surface area (Å²) < 4.78 is 10.4. The molecule has 0 aromatic heterocycles. The Kier molecular flexibility index (Phi) is 4.00. The van der Waals surface area contributed by atoms with E-state index in [1.54, 1.807) is 25.8 Å². The molecule has 102 valence electrons. The van der Waals surface area contributed by atoms with Crippen molar-refractivity contribution in [2.75, 3.05) is 14.2 Å². The van der Waals surface area contributed by atoms with E-state index in [9.17, 15) is 0 Å². The average Bonchev–Trinajstić information content (AvgIpc) is 2.95. The first kappa shape index (κ1) is 13.3. The maximum Gasteiger partial charge on any atom is 0.255 e. The lowest BCUT2D eigenvalue weighted by Crippen LogP contribution is -2.33. The van der Waals surface area contributed by atoms with E-state index >= 15 is 0 Å². The molecule has 0 bridgehead atoms. The van der Waals surface area contributed by atoms with Gasteiger partial charge in [-0.05, 0) is 22.9 Å². The summed E-state index contributed by atoms with van der Waals surface area (Å²) >= 11 is 1.44. The normalized spacial score (nSPS) is 18.7. The zero-order valence-electron chi connectivity index (χ0n) is 10.5. The maximum absolute atomic E-state index is 8.75. The second-order valence-corrected chi connectivity index (χ2v) is 4.59. The minimum atomic E-state index is -0.222. The number of benzene rings is 1. The molecular formula is C11H14N4O3S. The summed E-state index contributed by atoms with van der Waals surface area (Å²) in [6.45, 7) is 0. The molecule has 1 unspecified atom stereocenters. The molecule has 2 rings (SSSR count). The molecule has 1 aliphatic rings. The monoisotopic (exact) mass is 282 g/mol. The Morgan fingerprint density at radius 2 is 2.00 bits per heavy atom. The van der Waals surface area contributed by atoms with Crippen molar-refractivity contribution < 1.29 is 14.7 Å². The third kappa shape index (κ3) is 2.68. The molecule has 0 spiro atoms. The molecule has 7 nitrogen and oxygen atoms in total. The Morgan fingerprint density at radius 1 is 1.37 bits per heavy atom. The van der Waals surface area contributed by atoms with Crippen LogP contribution in [0, 0.1) is 0 Å². The van der Waals surface area contributed by atoms with E-state index in [2.05, 4.69) is 10.3 Å². The van der Waals surface area contributed by atoms with Crippen molar-refractivity contribution in [1.29, 1.82) is 0 Å². The lowest BCUT2D eigenvalue weighted by Gasteiger charge is -2.21. The maximum atomic E-state index is 8.75. The number of nitrogens with two attached hydrogens (primary N) is 1. The van der Waals surface area contributed by atoms with E-state index < -0.39 is 0 Å². The number of hydrazone groups is 1. The van der Waals surface area contributed by atoms with E-state index in [0.29, 0.717) is 11.5 Å². The van der Waals surface area contributed by atoms with Gasteiger partial charge < -0.3 is 20.4 Å². The van der Waals surface area contributed by atoms with Gasteiger partial charge in [0.25, 0.3) is 5.96 Å². The van der Waals surface area contributed by atoms with E-state index in [4.69, 9.17) is 20.4 Å². The lowest BCUT2D eigenvalue weighted by molar-refractivity contribution is 0.298. The summed E-state index contributed by atoms with van der Waals surface area (Å²) in [5, 5.41) is 17.0. The van der Waals surface area contributed by atoms with Crippen molar-refractivity contribution in [2.45, 2.75) is 5.37 Å². The highest BCUT2D eigenvalue weighted by Crippen LogP contribution is 2.38. The fraction of sp³-hybridized carbons (Fsp3) is 0.273. The number of thioether (sulfide) groups is 1. The zero-order chi connectivity index (χ0) is 13.8. The molecule has 0 radical (unpaired) electrons. The second kappa shape index (κ2) is 5.70. The van der Waals surface area contributed by atoms with Gasteiger partial charge in [-0.1, -0.05) is 11.8 Å². The van der Waals surface area contributed by atoms with E-state index in [-0.39, 0.29) is 11.3 Å². The van der Waals surface area contributed by atoms with Gasteiger partial charge in [-0.3, -0.25) is 0 Å². The smallest absolute Gasteiger partial charge is 0.255 e. The Morgan fingerprint density at radius 3 is 2.53 bits per heavy atom. The van der Waals surface area contributed by atoms with Gasteiger partial charge in [-0.15, -0.1) is 0 Å². The van der Waals surface area contributed by atoms with Crippen LogP contribution in [-0.2, 0) is 0 Å². The zero-order valence-corrected chi connectivity index (χ0v) is 11.3. The Balaban J connectivity index is 2.35. The number of ether oxygens (including phenoxy) is 2. The average molecular weight is 282 g/mol. The third-order valence-corrected chi connectivity index (χ3v) is 3.53. The Hall–Kier alpha value is -2.09. The number of oxime groups is 1. The summed E-state index contributed by atoms with van der Waals surface area (Å²) in [7, 11) is 3.16. The van der Waals surface area contributed by atoms with Crippen LogP contribution in [0.1, 0.15) is 10.9 Å². The number of guanidine groups is 1. The number of hydrogen-bond acceptors (Lipinski definition) is 6. The van der Waals surface area contributed by atoms with Crippen LogP contribution in [0.3, 0.4) is 0 Å². The quantitative estimate of drug-likeness (QED) is 0.377. The van der Waals surface area contributed by atoms with Gasteiger partial charge in [0, 0.05) is 6.07 Å². The van der Waals surface area contributed by atoms with Crippen molar-refractivity contribution in [3.8, 4) is 11.5 Å². The van der Waals surface area contributed by atoms with Crippen LogP contribution in [0.25, 0.3) is 0 Å². The summed E-state index contributed by atoms with van der Waals surface area (Å²) in [5.41, 5.74) is 8.10. The molecule has 1 atom stereocenters. The van der Waals surface area contributed by atoms with Crippen LogP contribution in [-0.4, -0.2) is 35.9 Å².